The monoisotopic (exact) mass is 142 g/mol. The smallest absolute Gasteiger partial charge is 0.314 e. The molecule has 0 aliphatic rings. The van der Waals surface area contributed by atoms with Crippen molar-refractivity contribution in [3.63, 3.8) is 0 Å². The van der Waals surface area contributed by atoms with E-state index in [1.165, 1.54) is 0 Å². The molecule has 0 aromatic carbocycles. The third kappa shape index (κ3) is 3.22. The number of hydrogen-bond acceptors (Lipinski definition) is 1. The van der Waals surface area contributed by atoms with E-state index >= 15 is 0 Å². The van der Waals surface area contributed by atoms with Crippen molar-refractivity contribution in [1.29, 1.82) is 0 Å². The fourth-order valence-electron chi connectivity index (χ4n) is 0.714. The third-order valence-electron chi connectivity index (χ3n) is 1.17. The Morgan fingerprint density at radius 2 is 2.20 bits per heavy atom. The minimum absolute atomic E-state index is 0.382. The van der Waals surface area contributed by atoms with Crippen LogP contribution in [0.1, 0.15) is 12.8 Å². The molecule has 0 aromatic heterocycles. The van der Waals surface area contributed by atoms with E-state index < -0.39 is 0 Å². The largest absolute Gasteiger partial charge is 0.351 e. The van der Waals surface area contributed by atoms with E-state index in [0.29, 0.717) is 25.9 Å². The lowest BCUT2D eigenvalue weighted by Crippen LogP contribution is -2.36. The molecule has 3 nitrogen and oxygen atoms in total. The lowest BCUT2D eigenvalue weighted by molar-refractivity contribution is 0.209. The van der Waals surface area contributed by atoms with Crippen molar-refractivity contribution >= 4 is 6.03 Å². The molecule has 2 amide bonds. The highest BCUT2D eigenvalue weighted by Crippen LogP contribution is 1.91. The summed E-state index contributed by atoms with van der Waals surface area (Å²) in [7, 11) is 0. The van der Waals surface area contributed by atoms with Gasteiger partial charge in [-0.1, -0.05) is 6.92 Å². The number of nitrogens with zero attached hydrogens (tertiary/aromatic N) is 1. The molecule has 0 saturated heterocycles. The van der Waals surface area contributed by atoms with Crippen molar-refractivity contribution in [2.24, 2.45) is 5.73 Å². The first-order valence-electron chi connectivity index (χ1n) is 3.35. The molecule has 57 valence electrons. The Morgan fingerprint density at radius 1 is 1.60 bits per heavy atom. The SMILES string of the molecule is [CH2]CCN(CC[CH2+])C(N)=O. The highest BCUT2D eigenvalue weighted by molar-refractivity contribution is 5.71. The number of carbonyl (C=O) groups excluding carboxylic acids is 1. The second-order valence-electron chi connectivity index (χ2n) is 2.03. The summed E-state index contributed by atoms with van der Waals surface area (Å²) in [4.78, 5) is 12.1. The summed E-state index contributed by atoms with van der Waals surface area (Å²) >= 11 is 0. The van der Waals surface area contributed by atoms with Gasteiger partial charge in [0, 0.05) is 6.54 Å². The Bertz CT molecular complexity index is 97.8. The van der Waals surface area contributed by atoms with Crippen LogP contribution in [-0.4, -0.2) is 24.0 Å². The third-order valence-corrected chi connectivity index (χ3v) is 1.17. The van der Waals surface area contributed by atoms with E-state index in [-0.39, 0.29) is 6.03 Å². The fraction of sp³-hybridized carbons (Fsp3) is 0.571. The molecule has 0 aliphatic carbocycles. The van der Waals surface area contributed by atoms with E-state index in [1.807, 2.05) is 0 Å². The average molecular weight is 142 g/mol. The van der Waals surface area contributed by atoms with Gasteiger partial charge in [0.05, 0.1) is 13.5 Å². The van der Waals surface area contributed by atoms with Gasteiger partial charge in [-0.3, -0.25) is 0 Å². The lowest BCUT2D eigenvalue weighted by atomic mass is 10.4. The van der Waals surface area contributed by atoms with Gasteiger partial charge in [-0.2, -0.15) is 0 Å². The molecule has 0 rings (SSSR count). The van der Waals surface area contributed by atoms with Crippen molar-refractivity contribution in [2.75, 3.05) is 13.1 Å². The molecule has 0 heterocycles. The van der Waals surface area contributed by atoms with Crippen molar-refractivity contribution < 1.29 is 4.79 Å². The van der Waals surface area contributed by atoms with E-state index in [4.69, 9.17) is 5.73 Å². The summed E-state index contributed by atoms with van der Waals surface area (Å²) in [5.74, 6) is 0. The van der Waals surface area contributed by atoms with Crippen LogP contribution in [-0.2, 0) is 0 Å². The first-order valence-corrected chi connectivity index (χ1v) is 3.35. The maximum atomic E-state index is 10.6. The molecule has 10 heavy (non-hydrogen) atoms. The summed E-state index contributed by atoms with van der Waals surface area (Å²) in [5, 5.41) is 0. The quantitative estimate of drug-likeness (QED) is 0.580. The van der Waals surface area contributed by atoms with Gasteiger partial charge in [0.1, 0.15) is 6.42 Å². The highest BCUT2D eigenvalue weighted by Gasteiger charge is 2.06. The number of carbonyl (C=O) groups is 1. The molecular formula is C7H14N2O+. The minimum Gasteiger partial charge on any atom is -0.351 e. The number of nitrogens with two attached hydrogens (primary N) is 1. The Balaban J connectivity index is 3.61. The van der Waals surface area contributed by atoms with Gasteiger partial charge >= 0.3 is 6.03 Å². The summed E-state index contributed by atoms with van der Waals surface area (Å²) in [6.07, 6.45) is 1.39. The van der Waals surface area contributed by atoms with E-state index in [9.17, 15) is 4.79 Å². The van der Waals surface area contributed by atoms with Gasteiger partial charge in [-0.25, -0.2) is 4.79 Å². The summed E-state index contributed by atoms with van der Waals surface area (Å²) < 4.78 is 0. The van der Waals surface area contributed by atoms with Gasteiger partial charge in [0.2, 0.25) is 0 Å². The Kier molecular flexibility index (Phi) is 4.54. The normalized spacial score (nSPS) is 9.30. The Morgan fingerprint density at radius 3 is 2.50 bits per heavy atom. The predicted molar refractivity (Wildman–Crippen MR) is 41.1 cm³/mol. The van der Waals surface area contributed by atoms with Crippen LogP contribution in [0, 0.1) is 13.8 Å². The molecule has 1 radical (unpaired) electrons. The number of hydrogen-bond donors (Lipinski definition) is 1. The minimum atomic E-state index is -0.382. The number of primary amides is 1. The van der Waals surface area contributed by atoms with E-state index in [2.05, 4.69) is 13.8 Å². The van der Waals surface area contributed by atoms with Crippen LogP contribution in [0.15, 0.2) is 0 Å². The molecule has 3 heteroatoms. The van der Waals surface area contributed by atoms with Gasteiger partial charge in [-0.05, 0) is 6.42 Å². The Hall–Kier alpha value is -0.860. The number of amides is 2. The maximum absolute atomic E-state index is 10.6. The van der Waals surface area contributed by atoms with Crippen LogP contribution >= 0.6 is 0 Å². The molecule has 0 bridgehead atoms. The predicted octanol–water partition coefficient (Wildman–Crippen LogP) is 0.815. The molecule has 0 aliphatic heterocycles. The second kappa shape index (κ2) is 4.97. The summed E-state index contributed by atoms with van der Waals surface area (Å²) in [6, 6.07) is -0.382. The topological polar surface area (TPSA) is 46.3 Å². The molecule has 0 atom stereocenters. The first-order chi connectivity index (χ1) is 4.72. The molecule has 0 unspecified atom stereocenters. The standard InChI is InChI=1S/C7H13N2O/c1-3-5-9(6-4-2)7(8)10/h1-6H2,(H-,8,10)/p+1. The van der Waals surface area contributed by atoms with Crippen molar-refractivity contribution in [3.8, 4) is 0 Å². The van der Waals surface area contributed by atoms with Crippen LogP contribution in [0.2, 0.25) is 0 Å². The molecular weight excluding hydrogens is 128 g/mol. The van der Waals surface area contributed by atoms with Crippen LogP contribution in [0.5, 0.6) is 0 Å². The van der Waals surface area contributed by atoms with Crippen molar-refractivity contribution in [2.45, 2.75) is 12.8 Å². The highest BCUT2D eigenvalue weighted by atomic mass is 16.2. The van der Waals surface area contributed by atoms with Gasteiger partial charge in [-0.15, -0.1) is 0 Å². The van der Waals surface area contributed by atoms with Gasteiger partial charge in [0.25, 0.3) is 0 Å². The van der Waals surface area contributed by atoms with E-state index in [0.717, 1.165) is 0 Å². The fourth-order valence-corrected chi connectivity index (χ4v) is 0.714. The first kappa shape index (κ1) is 9.14. The van der Waals surface area contributed by atoms with Gasteiger partial charge < -0.3 is 10.6 Å². The number of urea groups is 1. The summed E-state index contributed by atoms with van der Waals surface area (Å²) in [5.41, 5.74) is 5.04. The molecule has 0 fully saturated rings. The molecule has 0 saturated carbocycles. The zero-order chi connectivity index (χ0) is 7.98. The van der Waals surface area contributed by atoms with Crippen LogP contribution < -0.4 is 5.73 Å². The van der Waals surface area contributed by atoms with Crippen molar-refractivity contribution in [1.82, 2.24) is 4.90 Å². The zero-order valence-electron chi connectivity index (χ0n) is 6.18. The van der Waals surface area contributed by atoms with Crippen molar-refractivity contribution in [3.05, 3.63) is 13.8 Å². The number of rotatable bonds is 4. The maximum Gasteiger partial charge on any atom is 0.314 e. The van der Waals surface area contributed by atoms with Crippen LogP contribution in [0.4, 0.5) is 4.79 Å². The Labute approximate surface area is 62.2 Å². The molecule has 0 aromatic rings. The van der Waals surface area contributed by atoms with Crippen LogP contribution in [0.25, 0.3) is 0 Å². The average Bonchev–Trinajstić information content (AvgIpc) is 1.87. The zero-order valence-corrected chi connectivity index (χ0v) is 6.18. The second-order valence-corrected chi connectivity index (χ2v) is 2.03. The molecule has 0 spiro atoms. The lowest BCUT2D eigenvalue weighted by Gasteiger charge is -2.16. The summed E-state index contributed by atoms with van der Waals surface area (Å²) in [6.45, 7) is 8.50. The van der Waals surface area contributed by atoms with E-state index in [1.54, 1.807) is 4.90 Å². The van der Waals surface area contributed by atoms with Gasteiger partial charge in [0.15, 0.2) is 0 Å². The van der Waals surface area contributed by atoms with Crippen LogP contribution in [0.3, 0.4) is 0 Å². The molecule has 2 N–H and O–H groups in total.